The first-order valence-electron chi connectivity index (χ1n) is 10.2. The first kappa shape index (κ1) is 22.7. The quantitative estimate of drug-likeness (QED) is 0.397. The maximum atomic E-state index is 13.8. The van der Waals surface area contributed by atoms with Crippen LogP contribution < -0.4 is 15.4 Å². The number of hydrogen-bond donors (Lipinski definition) is 3. The van der Waals surface area contributed by atoms with Gasteiger partial charge in [0.15, 0.2) is 0 Å². The summed E-state index contributed by atoms with van der Waals surface area (Å²) in [5.74, 6) is -1.20. The van der Waals surface area contributed by atoms with E-state index in [1.165, 1.54) is 18.2 Å². The van der Waals surface area contributed by atoms with Crippen LogP contribution in [0.1, 0.15) is 22.3 Å². The Kier molecular flexibility index (Phi) is 8.14. The molecule has 1 atom stereocenters. The Hall–Kier alpha value is -3.94. The van der Waals surface area contributed by atoms with Crippen molar-refractivity contribution in [3.63, 3.8) is 0 Å². The minimum atomic E-state index is -1.20. The second-order valence-corrected chi connectivity index (χ2v) is 7.04. The summed E-state index contributed by atoms with van der Waals surface area (Å²) in [6.07, 6.45) is 2.56. The van der Waals surface area contributed by atoms with Crippen molar-refractivity contribution in [2.45, 2.75) is 18.9 Å². The SMILES string of the molecule is O=C(NC(Cc1ccc(OCCCNc2ccccn2)cc1)C(=O)O)c1ccccc1F. The Bertz CT molecular complexity index is 1030. The van der Waals surface area contributed by atoms with Gasteiger partial charge in [-0.25, -0.2) is 14.2 Å². The van der Waals surface area contributed by atoms with E-state index < -0.39 is 23.7 Å². The molecule has 166 valence electrons. The number of rotatable bonds is 11. The molecule has 1 aromatic heterocycles. The van der Waals surface area contributed by atoms with E-state index in [0.717, 1.165) is 24.8 Å². The van der Waals surface area contributed by atoms with E-state index in [9.17, 15) is 19.1 Å². The van der Waals surface area contributed by atoms with Crippen molar-refractivity contribution >= 4 is 17.7 Å². The molecule has 0 aliphatic heterocycles. The Morgan fingerprint density at radius 3 is 2.47 bits per heavy atom. The van der Waals surface area contributed by atoms with Gasteiger partial charge in [-0.1, -0.05) is 30.3 Å². The first-order valence-corrected chi connectivity index (χ1v) is 10.2. The highest BCUT2D eigenvalue weighted by Crippen LogP contribution is 2.15. The van der Waals surface area contributed by atoms with Crippen molar-refractivity contribution in [2.24, 2.45) is 0 Å². The molecule has 3 N–H and O–H groups in total. The number of anilines is 1. The highest BCUT2D eigenvalue weighted by molar-refractivity contribution is 5.96. The second-order valence-electron chi connectivity index (χ2n) is 7.04. The zero-order valence-corrected chi connectivity index (χ0v) is 17.3. The number of amides is 1. The van der Waals surface area contributed by atoms with Gasteiger partial charge in [0.05, 0.1) is 12.2 Å². The Morgan fingerprint density at radius 2 is 1.78 bits per heavy atom. The van der Waals surface area contributed by atoms with Crippen LogP contribution in [0.25, 0.3) is 0 Å². The predicted molar refractivity (Wildman–Crippen MR) is 118 cm³/mol. The summed E-state index contributed by atoms with van der Waals surface area (Å²) in [6, 6.07) is 16.9. The van der Waals surface area contributed by atoms with E-state index >= 15 is 0 Å². The molecule has 0 aliphatic rings. The number of halogens is 1. The molecule has 8 heteroatoms. The molecule has 3 rings (SSSR count). The lowest BCUT2D eigenvalue weighted by Crippen LogP contribution is -2.42. The molecule has 0 saturated carbocycles. The molecule has 0 spiro atoms. The fourth-order valence-electron chi connectivity index (χ4n) is 2.98. The summed E-state index contributed by atoms with van der Waals surface area (Å²) in [4.78, 5) is 28.0. The van der Waals surface area contributed by atoms with Crippen molar-refractivity contribution in [1.82, 2.24) is 10.3 Å². The number of carbonyl (C=O) groups excluding carboxylic acids is 1. The van der Waals surface area contributed by atoms with Crippen LogP contribution in [0.2, 0.25) is 0 Å². The number of ether oxygens (including phenoxy) is 1. The number of nitrogens with one attached hydrogen (secondary N) is 2. The molecule has 0 aliphatic carbocycles. The van der Waals surface area contributed by atoms with Crippen molar-refractivity contribution in [1.29, 1.82) is 0 Å². The minimum absolute atomic E-state index is 0.0593. The third kappa shape index (κ3) is 6.80. The molecule has 1 heterocycles. The topological polar surface area (TPSA) is 101 Å². The lowest BCUT2D eigenvalue weighted by atomic mass is 10.1. The van der Waals surface area contributed by atoms with Crippen LogP contribution in [-0.4, -0.2) is 41.2 Å². The molecule has 32 heavy (non-hydrogen) atoms. The lowest BCUT2D eigenvalue weighted by Gasteiger charge is -2.15. The first-order chi connectivity index (χ1) is 15.5. The summed E-state index contributed by atoms with van der Waals surface area (Å²) in [5.41, 5.74) is 0.510. The van der Waals surface area contributed by atoms with E-state index in [-0.39, 0.29) is 12.0 Å². The number of carboxylic acids is 1. The molecule has 1 unspecified atom stereocenters. The minimum Gasteiger partial charge on any atom is -0.494 e. The number of carbonyl (C=O) groups is 2. The van der Waals surface area contributed by atoms with Crippen LogP contribution in [0.3, 0.4) is 0 Å². The van der Waals surface area contributed by atoms with Gasteiger partial charge in [0, 0.05) is 19.2 Å². The van der Waals surface area contributed by atoms with Crippen LogP contribution >= 0.6 is 0 Å². The highest BCUT2D eigenvalue weighted by Gasteiger charge is 2.22. The van der Waals surface area contributed by atoms with Gasteiger partial charge in [0.25, 0.3) is 5.91 Å². The van der Waals surface area contributed by atoms with E-state index in [2.05, 4.69) is 15.6 Å². The normalized spacial score (nSPS) is 11.4. The summed E-state index contributed by atoms with van der Waals surface area (Å²) >= 11 is 0. The molecule has 0 saturated heterocycles. The summed E-state index contributed by atoms with van der Waals surface area (Å²) in [7, 11) is 0. The Balaban J connectivity index is 1.47. The molecule has 3 aromatic rings. The maximum Gasteiger partial charge on any atom is 0.326 e. The number of carboxylic acid groups (broad SMARTS) is 1. The highest BCUT2D eigenvalue weighted by atomic mass is 19.1. The molecular weight excluding hydrogens is 413 g/mol. The van der Waals surface area contributed by atoms with Crippen molar-refractivity contribution in [2.75, 3.05) is 18.5 Å². The van der Waals surface area contributed by atoms with Crippen molar-refractivity contribution in [3.8, 4) is 5.75 Å². The number of pyridine rings is 1. The van der Waals surface area contributed by atoms with E-state index in [4.69, 9.17) is 4.74 Å². The van der Waals surface area contributed by atoms with Crippen molar-refractivity contribution in [3.05, 3.63) is 89.9 Å². The lowest BCUT2D eigenvalue weighted by molar-refractivity contribution is -0.139. The molecule has 0 fully saturated rings. The Morgan fingerprint density at radius 1 is 1.03 bits per heavy atom. The summed E-state index contributed by atoms with van der Waals surface area (Å²) in [5, 5.41) is 15.0. The van der Waals surface area contributed by atoms with Gasteiger partial charge in [-0.2, -0.15) is 0 Å². The van der Waals surface area contributed by atoms with Gasteiger partial charge in [0.2, 0.25) is 0 Å². The van der Waals surface area contributed by atoms with Crippen molar-refractivity contribution < 1.29 is 23.8 Å². The number of hydrogen-bond acceptors (Lipinski definition) is 5. The monoisotopic (exact) mass is 437 g/mol. The molecular formula is C24H24FN3O4. The molecule has 0 bridgehead atoms. The zero-order valence-electron chi connectivity index (χ0n) is 17.3. The van der Waals surface area contributed by atoms with E-state index in [0.29, 0.717) is 17.9 Å². The fraction of sp³-hybridized carbons (Fsp3) is 0.208. The molecule has 1 amide bonds. The van der Waals surface area contributed by atoms with Crippen LogP contribution in [-0.2, 0) is 11.2 Å². The van der Waals surface area contributed by atoms with Crippen LogP contribution in [0.15, 0.2) is 72.9 Å². The molecule has 2 aromatic carbocycles. The maximum absolute atomic E-state index is 13.8. The summed E-state index contributed by atoms with van der Waals surface area (Å²) < 4.78 is 19.5. The van der Waals surface area contributed by atoms with Gasteiger partial charge >= 0.3 is 5.97 Å². The Labute approximate surface area is 185 Å². The number of aromatic nitrogens is 1. The number of nitrogens with zero attached hydrogens (tertiary/aromatic N) is 1. The largest absolute Gasteiger partial charge is 0.494 e. The van der Waals surface area contributed by atoms with Gasteiger partial charge in [-0.05, 0) is 48.4 Å². The van der Waals surface area contributed by atoms with Gasteiger partial charge < -0.3 is 20.5 Å². The molecule has 0 radical (unpaired) electrons. The average Bonchev–Trinajstić information content (AvgIpc) is 2.80. The fourth-order valence-corrected chi connectivity index (χ4v) is 2.98. The predicted octanol–water partition coefficient (Wildman–Crippen LogP) is 3.53. The second kappa shape index (κ2) is 11.5. The number of benzene rings is 2. The van der Waals surface area contributed by atoms with E-state index in [1.807, 2.05) is 18.2 Å². The average molecular weight is 437 g/mol. The third-order valence-corrected chi connectivity index (χ3v) is 4.65. The standard InChI is InChI=1S/C24H24FN3O4/c25-20-7-2-1-6-19(20)23(29)28-21(24(30)31)16-17-9-11-18(12-10-17)32-15-5-14-27-22-8-3-4-13-26-22/h1-4,6-13,21H,5,14-16H2,(H,26,27)(H,28,29)(H,30,31). The van der Waals surface area contributed by atoms with Crippen LogP contribution in [0, 0.1) is 5.82 Å². The third-order valence-electron chi connectivity index (χ3n) is 4.65. The number of aliphatic carboxylic acids is 1. The van der Waals surface area contributed by atoms with Gasteiger partial charge in [0.1, 0.15) is 23.4 Å². The summed E-state index contributed by atoms with van der Waals surface area (Å²) in [6.45, 7) is 1.23. The van der Waals surface area contributed by atoms with Crippen LogP contribution in [0.5, 0.6) is 5.75 Å². The van der Waals surface area contributed by atoms with E-state index in [1.54, 1.807) is 30.5 Å². The van der Waals surface area contributed by atoms with Gasteiger partial charge in [-0.3, -0.25) is 4.79 Å². The van der Waals surface area contributed by atoms with Crippen LogP contribution in [0.4, 0.5) is 10.2 Å². The molecule has 7 nitrogen and oxygen atoms in total. The zero-order chi connectivity index (χ0) is 22.8. The van der Waals surface area contributed by atoms with Gasteiger partial charge in [-0.15, -0.1) is 0 Å². The smallest absolute Gasteiger partial charge is 0.326 e.